The molecule has 0 saturated heterocycles. The summed E-state index contributed by atoms with van der Waals surface area (Å²) < 4.78 is 16.5. The van der Waals surface area contributed by atoms with Gasteiger partial charge in [0.15, 0.2) is 0 Å². The van der Waals surface area contributed by atoms with Gasteiger partial charge in [0.25, 0.3) is 0 Å². The molecule has 0 radical (unpaired) electrons. The van der Waals surface area contributed by atoms with E-state index < -0.39 is 7.60 Å². The van der Waals surface area contributed by atoms with E-state index in [1.165, 1.54) is 7.11 Å². The summed E-state index contributed by atoms with van der Waals surface area (Å²) in [6.07, 6.45) is 0. The summed E-state index contributed by atoms with van der Waals surface area (Å²) >= 11 is 1.57. The first-order valence-corrected chi connectivity index (χ1v) is 7.98. The Morgan fingerprint density at radius 2 is 2.26 bits per heavy atom. The standard InChI is InChI=1S/C12H11N2O3PS/c1-17-18(15,16)8-4-5-10-9(7-8)12(14-13-10)11-3-2-6-19-11/h2-7H,1H3,(H,13,14)(H,15,16). The lowest BCUT2D eigenvalue weighted by molar-refractivity contribution is 0.328. The van der Waals surface area contributed by atoms with E-state index in [0.29, 0.717) is 0 Å². The van der Waals surface area contributed by atoms with Crippen LogP contribution in [0.4, 0.5) is 0 Å². The molecule has 0 bridgehead atoms. The summed E-state index contributed by atoms with van der Waals surface area (Å²) in [4.78, 5) is 10.7. The molecule has 0 aliphatic carbocycles. The van der Waals surface area contributed by atoms with Gasteiger partial charge < -0.3 is 9.42 Å². The first kappa shape index (κ1) is 12.6. The summed E-state index contributed by atoms with van der Waals surface area (Å²) in [7, 11) is -2.52. The van der Waals surface area contributed by atoms with Gasteiger partial charge in [0.1, 0.15) is 5.69 Å². The number of nitrogens with zero attached hydrogens (tertiary/aromatic N) is 1. The van der Waals surface area contributed by atoms with Crippen LogP contribution in [-0.2, 0) is 9.09 Å². The molecule has 0 amide bonds. The van der Waals surface area contributed by atoms with Gasteiger partial charge in [-0.15, -0.1) is 11.3 Å². The highest BCUT2D eigenvalue weighted by Crippen LogP contribution is 2.40. The number of H-pyrrole nitrogens is 1. The Morgan fingerprint density at radius 1 is 1.42 bits per heavy atom. The molecule has 0 saturated carbocycles. The fourth-order valence-corrected chi connectivity index (χ4v) is 3.38. The van der Waals surface area contributed by atoms with Gasteiger partial charge in [-0.1, -0.05) is 6.07 Å². The second kappa shape index (κ2) is 4.58. The van der Waals surface area contributed by atoms with Crippen LogP contribution in [0.5, 0.6) is 0 Å². The number of nitrogens with one attached hydrogen (secondary N) is 1. The van der Waals surface area contributed by atoms with E-state index in [-0.39, 0.29) is 5.30 Å². The maximum atomic E-state index is 11.9. The van der Waals surface area contributed by atoms with Gasteiger partial charge >= 0.3 is 7.60 Å². The number of hydrogen-bond donors (Lipinski definition) is 2. The maximum Gasteiger partial charge on any atom is 0.358 e. The molecule has 1 atom stereocenters. The van der Waals surface area contributed by atoms with Gasteiger partial charge in [-0.2, -0.15) is 5.10 Å². The van der Waals surface area contributed by atoms with Gasteiger partial charge in [-0.05, 0) is 29.6 Å². The molecule has 2 heterocycles. The summed E-state index contributed by atoms with van der Waals surface area (Å²) in [6, 6.07) is 8.86. The largest absolute Gasteiger partial charge is 0.358 e. The predicted molar refractivity (Wildman–Crippen MR) is 75.9 cm³/mol. The van der Waals surface area contributed by atoms with Crippen LogP contribution in [0.15, 0.2) is 35.7 Å². The topological polar surface area (TPSA) is 75.2 Å². The SMILES string of the molecule is COP(=O)(O)c1ccc2[nH]nc(-c3cccs3)c2c1. The summed E-state index contributed by atoms with van der Waals surface area (Å²) in [5, 5.41) is 10.2. The average molecular weight is 294 g/mol. The molecule has 3 rings (SSSR count). The minimum absolute atomic E-state index is 0.265. The molecule has 3 aromatic rings. The van der Waals surface area contributed by atoms with Gasteiger partial charge in [0.05, 0.1) is 15.7 Å². The summed E-state index contributed by atoms with van der Waals surface area (Å²) in [5.74, 6) is 0. The first-order chi connectivity index (χ1) is 9.12. The normalized spacial score (nSPS) is 14.6. The second-order valence-electron chi connectivity index (χ2n) is 3.98. The fraction of sp³-hybridized carbons (Fsp3) is 0.0833. The van der Waals surface area contributed by atoms with Crippen LogP contribution in [0, 0.1) is 0 Å². The molecular formula is C12H11N2O3PS. The molecule has 2 aromatic heterocycles. The third-order valence-corrected chi connectivity index (χ3v) is 5.18. The molecule has 5 nitrogen and oxygen atoms in total. The second-order valence-corrected chi connectivity index (χ2v) is 6.85. The van der Waals surface area contributed by atoms with Gasteiger partial charge in [-0.3, -0.25) is 9.66 Å². The van der Waals surface area contributed by atoms with Crippen molar-refractivity contribution in [3.63, 3.8) is 0 Å². The van der Waals surface area contributed by atoms with E-state index in [4.69, 9.17) is 0 Å². The Bertz CT molecular complexity index is 766. The first-order valence-electron chi connectivity index (χ1n) is 5.53. The monoisotopic (exact) mass is 294 g/mol. The number of hydrogen-bond acceptors (Lipinski definition) is 4. The van der Waals surface area contributed by atoms with E-state index in [2.05, 4.69) is 14.7 Å². The van der Waals surface area contributed by atoms with E-state index in [0.717, 1.165) is 21.5 Å². The van der Waals surface area contributed by atoms with Crippen LogP contribution in [0.25, 0.3) is 21.5 Å². The molecule has 0 aliphatic heterocycles. The van der Waals surface area contributed by atoms with Crippen LogP contribution in [-0.4, -0.2) is 22.2 Å². The lowest BCUT2D eigenvalue weighted by Crippen LogP contribution is -2.04. The minimum Gasteiger partial charge on any atom is -0.321 e. The Labute approximate surface area is 113 Å². The maximum absolute atomic E-state index is 11.9. The summed E-state index contributed by atoms with van der Waals surface area (Å²) in [5.41, 5.74) is 1.60. The molecule has 0 aliphatic rings. The van der Waals surface area contributed by atoms with Crippen LogP contribution in [0.2, 0.25) is 0 Å². The van der Waals surface area contributed by atoms with Crippen LogP contribution >= 0.6 is 18.9 Å². The van der Waals surface area contributed by atoms with Crippen molar-refractivity contribution in [2.75, 3.05) is 7.11 Å². The number of thiophene rings is 1. The van der Waals surface area contributed by atoms with Crippen molar-refractivity contribution in [1.82, 2.24) is 10.2 Å². The van der Waals surface area contributed by atoms with Crippen LogP contribution in [0.3, 0.4) is 0 Å². The van der Waals surface area contributed by atoms with Gasteiger partial charge in [0.2, 0.25) is 0 Å². The van der Waals surface area contributed by atoms with Crippen molar-refractivity contribution in [2.45, 2.75) is 0 Å². The van der Waals surface area contributed by atoms with Crippen molar-refractivity contribution in [2.24, 2.45) is 0 Å². The molecule has 98 valence electrons. The Hall–Kier alpha value is -1.46. The van der Waals surface area contributed by atoms with E-state index in [1.807, 2.05) is 17.5 Å². The van der Waals surface area contributed by atoms with Crippen molar-refractivity contribution in [3.05, 3.63) is 35.7 Å². The average Bonchev–Trinajstić information content (AvgIpc) is 3.06. The molecule has 0 spiro atoms. The molecule has 1 aromatic carbocycles. The smallest absolute Gasteiger partial charge is 0.321 e. The van der Waals surface area contributed by atoms with Crippen molar-refractivity contribution < 1.29 is 14.0 Å². The quantitative estimate of drug-likeness (QED) is 0.728. The zero-order valence-corrected chi connectivity index (χ0v) is 11.7. The minimum atomic E-state index is -3.74. The third-order valence-electron chi connectivity index (χ3n) is 2.87. The fourth-order valence-electron chi connectivity index (χ4n) is 1.88. The summed E-state index contributed by atoms with van der Waals surface area (Å²) in [6.45, 7) is 0. The third kappa shape index (κ3) is 2.13. The molecule has 0 fully saturated rings. The number of aromatic nitrogens is 2. The van der Waals surface area contributed by atoms with Crippen molar-refractivity contribution >= 4 is 35.1 Å². The number of benzene rings is 1. The van der Waals surface area contributed by atoms with E-state index in [1.54, 1.807) is 29.5 Å². The molecular weight excluding hydrogens is 283 g/mol. The van der Waals surface area contributed by atoms with E-state index >= 15 is 0 Å². The Kier molecular flexibility index (Phi) is 3.03. The number of fused-ring (bicyclic) bond motifs is 1. The zero-order chi connectivity index (χ0) is 13.5. The van der Waals surface area contributed by atoms with Gasteiger partial charge in [0, 0.05) is 12.5 Å². The highest BCUT2D eigenvalue weighted by molar-refractivity contribution is 7.61. The van der Waals surface area contributed by atoms with Crippen LogP contribution in [0.1, 0.15) is 0 Å². The van der Waals surface area contributed by atoms with Crippen molar-refractivity contribution in [3.8, 4) is 10.6 Å². The lowest BCUT2D eigenvalue weighted by Gasteiger charge is -2.08. The van der Waals surface area contributed by atoms with Crippen LogP contribution < -0.4 is 5.30 Å². The lowest BCUT2D eigenvalue weighted by atomic mass is 10.2. The number of rotatable bonds is 3. The zero-order valence-electron chi connectivity index (χ0n) is 10.0. The van der Waals surface area contributed by atoms with Gasteiger partial charge in [-0.25, -0.2) is 0 Å². The highest BCUT2D eigenvalue weighted by atomic mass is 32.1. The van der Waals surface area contributed by atoms with Crippen molar-refractivity contribution in [1.29, 1.82) is 0 Å². The molecule has 2 N–H and O–H groups in total. The van der Waals surface area contributed by atoms with E-state index in [9.17, 15) is 9.46 Å². The number of aromatic amines is 1. The molecule has 19 heavy (non-hydrogen) atoms. The Balaban J connectivity index is 2.22. The predicted octanol–water partition coefficient (Wildman–Crippen LogP) is 2.75. The highest BCUT2D eigenvalue weighted by Gasteiger charge is 2.22. The molecule has 7 heteroatoms. The molecule has 1 unspecified atom stereocenters. The Morgan fingerprint density at radius 3 is 2.95 bits per heavy atom.